The van der Waals surface area contributed by atoms with Gasteiger partial charge in [-0.2, -0.15) is 0 Å². The fourth-order valence-electron chi connectivity index (χ4n) is 2.45. The summed E-state index contributed by atoms with van der Waals surface area (Å²) in [6.45, 7) is 4.24. The maximum Gasteiger partial charge on any atom is 0.132 e. The van der Waals surface area contributed by atoms with Crippen molar-refractivity contribution in [3.8, 4) is 0 Å². The topological polar surface area (TPSA) is 51.4 Å². The second-order valence-electron chi connectivity index (χ2n) is 5.23. The second-order valence-corrected chi connectivity index (χ2v) is 5.23. The van der Waals surface area contributed by atoms with Gasteiger partial charge in [-0.1, -0.05) is 0 Å². The number of nitrogens with zero attached hydrogens (tertiary/aromatic N) is 3. The van der Waals surface area contributed by atoms with Crippen LogP contribution in [-0.2, 0) is 11.3 Å². The fraction of sp³-hybridized carbons (Fsp3) is 0.467. The molecule has 0 aromatic carbocycles. The van der Waals surface area contributed by atoms with E-state index < -0.39 is 0 Å². The Labute approximate surface area is 118 Å². The van der Waals surface area contributed by atoms with E-state index in [9.17, 15) is 0 Å². The molecule has 1 fully saturated rings. The van der Waals surface area contributed by atoms with Crippen LogP contribution in [0.2, 0.25) is 0 Å². The molecule has 2 aromatic heterocycles. The van der Waals surface area contributed by atoms with Gasteiger partial charge < -0.3 is 14.1 Å². The van der Waals surface area contributed by atoms with Crippen molar-refractivity contribution < 1.29 is 9.15 Å². The molecule has 0 radical (unpaired) electrons. The SMILES string of the molecule is Cc1ccc(CN(C)c2cc([C@@H]3CCOC3)ncn2)o1. The van der Waals surface area contributed by atoms with E-state index in [2.05, 4.69) is 20.9 Å². The highest BCUT2D eigenvalue weighted by Gasteiger charge is 2.20. The average molecular weight is 273 g/mol. The molecule has 1 atom stereocenters. The van der Waals surface area contributed by atoms with Crippen LogP contribution in [0.25, 0.3) is 0 Å². The summed E-state index contributed by atoms with van der Waals surface area (Å²) < 4.78 is 11.0. The van der Waals surface area contributed by atoms with Gasteiger partial charge in [-0.15, -0.1) is 0 Å². The molecule has 3 rings (SSSR count). The number of furan rings is 1. The lowest BCUT2D eigenvalue weighted by Crippen LogP contribution is -2.18. The maximum atomic E-state index is 5.60. The standard InChI is InChI=1S/C15H19N3O2/c1-11-3-4-13(20-11)8-18(2)15-7-14(16-10-17-15)12-5-6-19-9-12/h3-4,7,10,12H,5-6,8-9H2,1-2H3/t12-/m1/s1. The van der Waals surface area contributed by atoms with E-state index >= 15 is 0 Å². The third-order valence-electron chi connectivity index (χ3n) is 3.60. The molecule has 3 heterocycles. The first kappa shape index (κ1) is 13.1. The number of hydrogen-bond acceptors (Lipinski definition) is 5. The van der Waals surface area contributed by atoms with Crippen molar-refractivity contribution in [1.82, 2.24) is 9.97 Å². The molecule has 5 nitrogen and oxygen atoms in total. The summed E-state index contributed by atoms with van der Waals surface area (Å²) in [5.74, 6) is 3.18. The van der Waals surface area contributed by atoms with Gasteiger partial charge in [0.2, 0.25) is 0 Å². The minimum absolute atomic E-state index is 0.399. The van der Waals surface area contributed by atoms with Crippen molar-refractivity contribution in [2.24, 2.45) is 0 Å². The van der Waals surface area contributed by atoms with E-state index in [0.29, 0.717) is 12.5 Å². The van der Waals surface area contributed by atoms with Crippen LogP contribution in [0.1, 0.15) is 29.6 Å². The van der Waals surface area contributed by atoms with Gasteiger partial charge in [-0.25, -0.2) is 9.97 Å². The van der Waals surface area contributed by atoms with Gasteiger partial charge in [0.05, 0.1) is 18.8 Å². The van der Waals surface area contributed by atoms with Crippen molar-refractivity contribution in [3.05, 3.63) is 41.7 Å². The van der Waals surface area contributed by atoms with Crippen molar-refractivity contribution in [2.75, 3.05) is 25.2 Å². The van der Waals surface area contributed by atoms with Crippen LogP contribution in [-0.4, -0.2) is 30.2 Å². The Morgan fingerprint density at radius 2 is 2.25 bits per heavy atom. The van der Waals surface area contributed by atoms with E-state index in [1.807, 2.05) is 26.1 Å². The third kappa shape index (κ3) is 2.82. The molecule has 106 valence electrons. The van der Waals surface area contributed by atoms with E-state index in [0.717, 1.165) is 42.7 Å². The molecule has 0 saturated carbocycles. The van der Waals surface area contributed by atoms with E-state index in [1.54, 1.807) is 6.33 Å². The number of anilines is 1. The number of aromatic nitrogens is 2. The molecular formula is C15H19N3O2. The van der Waals surface area contributed by atoms with Crippen LogP contribution in [0.5, 0.6) is 0 Å². The largest absolute Gasteiger partial charge is 0.464 e. The van der Waals surface area contributed by atoms with E-state index in [1.165, 1.54) is 0 Å². The van der Waals surface area contributed by atoms with Gasteiger partial charge >= 0.3 is 0 Å². The van der Waals surface area contributed by atoms with Crippen LogP contribution in [0, 0.1) is 6.92 Å². The predicted molar refractivity (Wildman–Crippen MR) is 75.8 cm³/mol. The highest BCUT2D eigenvalue weighted by molar-refractivity contribution is 5.39. The normalized spacial score (nSPS) is 18.4. The molecule has 0 unspecified atom stereocenters. The summed E-state index contributed by atoms with van der Waals surface area (Å²) in [6, 6.07) is 6.03. The summed E-state index contributed by atoms with van der Waals surface area (Å²) in [6.07, 6.45) is 2.67. The van der Waals surface area contributed by atoms with Gasteiger partial charge in [0.25, 0.3) is 0 Å². The minimum Gasteiger partial charge on any atom is -0.464 e. The Hall–Kier alpha value is -1.88. The zero-order chi connectivity index (χ0) is 13.9. The Morgan fingerprint density at radius 1 is 1.35 bits per heavy atom. The molecule has 0 amide bonds. The summed E-state index contributed by atoms with van der Waals surface area (Å²) in [7, 11) is 2.01. The highest BCUT2D eigenvalue weighted by atomic mass is 16.5. The zero-order valence-electron chi connectivity index (χ0n) is 11.9. The molecule has 20 heavy (non-hydrogen) atoms. The van der Waals surface area contributed by atoms with E-state index in [4.69, 9.17) is 9.15 Å². The summed E-state index contributed by atoms with van der Waals surface area (Å²) in [5, 5.41) is 0. The predicted octanol–water partition coefficient (Wildman–Crippen LogP) is 2.52. The lowest BCUT2D eigenvalue weighted by molar-refractivity contribution is 0.193. The number of rotatable bonds is 4. The van der Waals surface area contributed by atoms with Crippen molar-refractivity contribution in [1.29, 1.82) is 0 Å². The Kier molecular flexibility index (Phi) is 3.69. The molecule has 5 heteroatoms. The molecule has 0 spiro atoms. The Balaban J connectivity index is 1.73. The average Bonchev–Trinajstić information content (AvgIpc) is 3.11. The minimum atomic E-state index is 0.399. The Bertz CT molecular complexity index is 576. The lowest BCUT2D eigenvalue weighted by Gasteiger charge is -2.18. The molecule has 0 aliphatic carbocycles. The summed E-state index contributed by atoms with van der Waals surface area (Å²) in [4.78, 5) is 10.8. The molecule has 1 saturated heterocycles. The summed E-state index contributed by atoms with van der Waals surface area (Å²) >= 11 is 0. The number of hydrogen-bond donors (Lipinski definition) is 0. The highest BCUT2D eigenvalue weighted by Crippen LogP contribution is 2.25. The molecule has 1 aliphatic heterocycles. The van der Waals surface area contributed by atoms with Gasteiger partial charge in [0.15, 0.2) is 0 Å². The van der Waals surface area contributed by atoms with Gasteiger partial charge in [0.1, 0.15) is 23.7 Å². The molecule has 0 bridgehead atoms. The first-order valence-electron chi connectivity index (χ1n) is 6.88. The van der Waals surface area contributed by atoms with Crippen molar-refractivity contribution in [3.63, 3.8) is 0 Å². The van der Waals surface area contributed by atoms with Crippen LogP contribution in [0.15, 0.2) is 28.9 Å². The molecule has 1 aliphatic rings. The van der Waals surface area contributed by atoms with Crippen LogP contribution < -0.4 is 4.90 Å². The first-order chi connectivity index (χ1) is 9.72. The quantitative estimate of drug-likeness (QED) is 0.856. The summed E-state index contributed by atoms with van der Waals surface area (Å²) in [5.41, 5.74) is 1.06. The van der Waals surface area contributed by atoms with Crippen LogP contribution >= 0.6 is 0 Å². The van der Waals surface area contributed by atoms with Gasteiger partial charge in [-0.3, -0.25) is 0 Å². The zero-order valence-corrected chi connectivity index (χ0v) is 11.9. The molecular weight excluding hydrogens is 254 g/mol. The smallest absolute Gasteiger partial charge is 0.132 e. The van der Waals surface area contributed by atoms with E-state index in [-0.39, 0.29) is 0 Å². The van der Waals surface area contributed by atoms with Gasteiger partial charge in [-0.05, 0) is 25.5 Å². The number of ether oxygens (including phenoxy) is 1. The monoisotopic (exact) mass is 273 g/mol. The van der Waals surface area contributed by atoms with Gasteiger partial charge in [0, 0.05) is 25.6 Å². The first-order valence-corrected chi connectivity index (χ1v) is 6.88. The lowest BCUT2D eigenvalue weighted by atomic mass is 10.0. The molecule has 2 aromatic rings. The maximum absolute atomic E-state index is 5.60. The fourth-order valence-corrected chi connectivity index (χ4v) is 2.45. The third-order valence-corrected chi connectivity index (χ3v) is 3.60. The Morgan fingerprint density at radius 3 is 2.95 bits per heavy atom. The van der Waals surface area contributed by atoms with Crippen molar-refractivity contribution in [2.45, 2.75) is 25.8 Å². The number of aryl methyl sites for hydroxylation is 1. The second kappa shape index (κ2) is 5.63. The molecule has 0 N–H and O–H groups in total. The van der Waals surface area contributed by atoms with Crippen LogP contribution in [0.4, 0.5) is 5.82 Å². The van der Waals surface area contributed by atoms with Crippen LogP contribution in [0.3, 0.4) is 0 Å². The van der Waals surface area contributed by atoms with Crippen molar-refractivity contribution >= 4 is 5.82 Å².